The number of nitrogens with zero attached hydrogens (tertiary/aromatic N) is 1. The number of aryl methyl sites for hydroxylation is 3. The highest BCUT2D eigenvalue weighted by atomic mass is 16.3. The van der Waals surface area contributed by atoms with Gasteiger partial charge in [0.1, 0.15) is 5.58 Å². The lowest BCUT2D eigenvalue weighted by molar-refractivity contribution is -0.119. The summed E-state index contributed by atoms with van der Waals surface area (Å²) < 4.78 is 5.90. The number of fused-ring (bicyclic) bond motifs is 1. The van der Waals surface area contributed by atoms with E-state index in [1.165, 1.54) is 0 Å². The largest absolute Gasteiger partial charge is 0.450 e. The van der Waals surface area contributed by atoms with Crippen LogP contribution < -0.4 is 11.1 Å². The molecule has 1 fully saturated rings. The van der Waals surface area contributed by atoms with Crippen LogP contribution in [-0.4, -0.2) is 42.4 Å². The molecule has 0 bridgehead atoms. The summed E-state index contributed by atoms with van der Waals surface area (Å²) in [5.41, 5.74) is 9.05. The smallest absolute Gasteiger partial charge is 0.287 e. The fourth-order valence-corrected chi connectivity index (χ4v) is 3.60. The van der Waals surface area contributed by atoms with Gasteiger partial charge in [0, 0.05) is 30.1 Å². The van der Waals surface area contributed by atoms with Crippen LogP contribution in [0.3, 0.4) is 0 Å². The Morgan fingerprint density at radius 1 is 1.20 bits per heavy atom. The molecule has 0 saturated carbocycles. The molecule has 0 aliphatic carbocycles. The van der Waals surface area contributed by atoms with Gasteiger partial charge in [0.2, 0.25) is 5.91 Å². The summed E-state index contributed by atoms with van der Waals surface area (Å²) in [6.45, 7) is 7.74. The second-order valence-electron chi connectivity index (χ2n) is 6.95. The van der Waals surface area contributed by atoms with Crippen LogP contribution >= 0.6 is 0 Å². The van der Waals surface area contributed by atoms with Gasteiger partial charge in [-0.2, -0.15) is 0 Å². The molecule has 134 valence electrons. The van der Waals surface area contributed by atoms with Gasteiger partial charge in [0.15, 0.2) is 5.76 Å². The van der Waals surface area contributed by atoms with Crippen molar-refractivity contribution in [3.63, 3.8) is 0 Å². The number of piperidine rings is 1. The predicted octanol–water partition coefficient (Wildman–Crippen LogP) is 2.04. The third-order valence-electron chi connectivity index (χ3n) is 4.99. The minimum absolute atomic E-state index is 0.0893. The maximum absolute atomic E-state index is 12.7. The molecule has 0 atom stereocenters. The predicted molar refractivity (Wildman–Crippen MR) is 96.5 cm³/mol. The standard InChI is InChI=1S/C19H25N3O3/c1-11-4-5-12(2)17-16(11)13(3)18(25-17)19(24)21-14-6-8-22(9-7-14)10-15(20)23/h4-5,14H,6-10H2,1-3H3,(H2,20,23)(H,21,24). The minimum atomic E-state index is -0.314. The lowest BCUT2D eigenvalue weighted by atomic mass is 10.0. The van der Waals surface area contributed by atoms with Crippen LogP contribution in [0.4, 0.5) is 0 Å². The van der Waals surface area contributed by atoms with Crippen LogP contribution in [0.5, 0.6) is 0 Å². The number of rotatable bonds is 4. The molecule has 6 nitrogen and oxygen atoms in total. The second kappa shape index (κ2) is 6.88. The molecule has 2 amide bonds. The quantitative estimate of drug-likeness (QED) is 0.889. The zero-order valence-corrected chi connectivity index (χ0v) is 15.0. The molecule has 6 heteroatoms. The van der Waals surface area contributed by atoms with Crippen LogP contribution in [0.1, 0.15) is 40.1 Å². The molecule has 1 aliphatic heterocycles. The number of likely N-dealkylation sites (tertiary alicyclic amines) is 1. The number of hydrogen-bond donors (Lipinski definition) is 2. The Morgan fingerprint density at radius 3 is 2.44 bits per heavy atom. The Balaban J connectivity index is 1.71. The highest BCUT2D eigenvalue weighted by Crippen LogP contribution is 2.30. The molecule has 25 heavy (non-hydrogen) atoms. The van der Waals surface area contributed by atoms with E-state index in [4.69, 9.17) is 10.2 Å². The van der Waals surface area contributed by atoms with E-state index in [1.807, 2.05) is 31.7 Å². The fourth-order valence-electron chi connectivity index (χ4n) is 3.60. The Morgan fingerprint density at radius 2 is 1.84 bits per heavy atom. The van der Waals surface area contributed by atoms with Gasteiger partial charge in [-0.25, -0.2) is 0 Å². The molecule has 2 aromatic rings. The first-order valence-electron chi connectivity index (χ1n) is 8.67. The fraction of sp³-hybridized carbons (Fsp3) is 0.474. The number of hydrogen-bond acceptors (Lipinski definition) is 4. The second-order valence-corrected chi connectivity index (χ2v) is 6.95. The number of primary amides is 1. The molecular formula is C19H25N3O3. The van der Waals surface area contributed by atoms with Gasteiger partial charge >= 0.3 is 0 Å². The van der Waals surface area contributed by atoms with Crippen molar-refractivity contribution in [2.75, 3.05) is 19.6 Å². The average Bonchev–Trinajstić information content (AvgIpc) is 2.91. The summed E-state index contributed by atoms with van der Waals surface area (Å²) in [6.07, 6.45) is 1.60. The van der Waals surface area contributed by atoms with Gasteiger partial charge in [-0.1, -0.05) is 12.1 Å². The van der Waals surface area contributed by atoms with E-state index in [1.54, 1.807) is 0 Å². The number of amides is 2. The molecule has 3 rings (SSSR count). The van der Waals surface area contributed by atoms with Crippen LogP contribution in [-0.2, 0) is 4.79 Å². The van der Waals surface area contributed by atoms with Crippen LogP contribution in [0.25, 0.3) is 11.0 Å². The lowest BCUT2D eigenvalue weighted by Gasteiger charge is -2.31. The minimum Gasteiger partial charge on any atom is -0.450 e. The van der Waals surface area contributed by atoms with E-state index < -0.39 is 0 Å². The maximum atomic E-state index is 12.7. The van der Waals surface area contributed by atoms with Crippen molar-refractivity contribution in [1.29, 1.82) is 0 Å². The zero-order valence-electron chi connectivity index (χ0n) is 15.0. The Hall–Kier alpha value is -2.34. The van der Waals surface area contributed by atoms with E-state index in [2.05, 4.69) is 11.4 Å². The van der Waals surface area contributed by atoms with Gasteiger partial charge in [-0.05, 0) is 44.7 Å². The molecule has 2 heterocycles. The Bertz CT molecular complexity index is 817. The van der Waals surface area contributed by atoms with E-state index in [-0.39, 0.29) is 24.4 Å². The first kappa shape index (κ1) is 17.5. The summed E-state index contributed by atoms with van der Waals surface area (Å²) in [6, 6.07) is 4.15. The number of carbonyl (C=O) groups excluding carboxylic acids is 2. The van der Waals surface area contributed by atoms with Crippen molar-refractivity contribution in [3.8, 4) is 0 Å². The molecule has 1 saturated heterocycles. The molecular weight excluding hydrogens is 318 g/mol. The normalized spacial score (nSPS) is 16.3. The number of benzene rings is 1. The maximum Gasteiger partial charge on any atom is 0.287 e. The van der Waals surface area contributed by atoms with E-state index in [0.29, 0.717) is 5.76 Å². The monoisotopic (exact) mass is 343 g/mol. The molecule has 0 spiro atoms. The molecule has 1 aliphatic rings. The third kappa shape index (κ3) is 3.54. The summed E-state index contributed by atoms with van der Waals surface area (Å²) in [4.78, 5) is 25.7. The lowest BCUT2D eigenvalue weighted by Crippen LogP contribution is -2.46. The molecule has 1 aromatic carbocycles. The van der Waals surface area contributed by atoms with Crippen molar-refractivity contribution < 1.29 is 14.0 Å². The van der Waals surface area contributed by atoms with Crippen molar-refractivity contribution in [2.24, 2.45) is 5.73 Å². The van der Waals surface area contributed by atoms with Gasteiger partial charge in [0.05, 0.1) is 6.54 Å². The number of furan rings is 1. The Kier molecular flexibility index (Phi) is 4.81. The summed E-state index contributed by atoms with van der Waals surface area (Å²) in [5, 5.41) is 4.10. The number of nitrogens with one attached hydrogen (secondary N) is 1. The van der Waals surface area contributed by atoms with Crippen molar-refractivity contribution in [1.82, 2.24) is 10.2 Å². The first-order chi connectivity index (χ1) is 11.9. The molecule has 3 N–H and O–H groups in total. The summed E-state index contributed by atoms with van der Waals surface area (Å²) in [5.74, 6) is -0.0843. The van der Waals surface area contributed by atoms with Gasteiger partial charge < -0.3 is 15.5 Å². The molecule has 0 unspecified atom stereocenters. The number of nitrogens with two attached hydrogens (primary N) is 1. The highest BCUT2D eigenvalue weighted by Gasteiger charge is 2.25. The van der Waals surface area contributed by atoms with E-state index in [0.717, 1.165) is 53.6 Å². The van der Waals surface area contributed by atoms with Crippen LogP contribution in [0, 0.1) is 20.8 Å². The van der Waals surface area contributed by atoms with Gasteiger partial charge in [0.25, 0.3) is 5.91 Å². The van der Waals surface area contributed by atoms with Crippen molar-refractivity contribution in [3.05, 3.63) is 34.6 Å². The zero-order chi connectivity index (χ0) is 18.1. The molecule has 1 aromatic heterocycles. The number of carbonyl (C=O) groups is 2. The van der Waals surface area contributed by atoms with Crippen molar-refractivity contribution in [2.45, 2.75) is 39.7 Å². The van der Waals surface area contributed by atoms with Crippen LogP contribution in [0.15, 0.2) is 16.5 Å². The van der Waals surface area contributed by atoms with Crippen molar-refractivity contribution >= 4 is 22.8 Å². The van der Waals surface area contributed by atoms with Gasteiger partial charge in [-0.3, -0.25) is 14.5 Å². The average molecular weight is 343 g/mol. The molecule has 0 radical (unpaired) electrons. The SMILES string of the molecule is Cc1ccc(C)c2c(C)c(C(=O)NC3CCN(CC(N)=O)CC3)oc12. The first-order valence-corrected chi connectivity index (χ1v) is 8.67. The summed E-state index contributed by atoms with van der Waals surface area (Å²) in [7, 11) is 0. The van der Waals surface area contributed by atoms with Gasteiger partial charge in [-0.15, -0.1) is 0 Å². The highest BCUT2D eigenvalue weighted by molar-refractivity contribution is 6.00. The van der Waals surface area contributed by atoms with Crippen LogP contribution in [0.2, 0.25) is 0 Å². The van der Waals surface area contributed by atoms with E-state index in [9.17, 15) is 9.59 Å². The third-order valence-corrected chi connectivity index (χ3v) is 4.99. The topological polar surface area (TPSA) is 88.6 Å². The summed E-state index contributed by atoms with van der Waals surface area (Å²) >= 11 is 0. The van der Waals surface area contributed by atoms with E-state index >= 15 is 0 Å². The Labute approximate surface area is 147 Å².